The molecule has 1 N–H and O–H groups in total. The van der Waals surface area contributed by atoms with Gasteiger partial charge in [0, 0.05) is 19.5 Å². The molecule has 1 fully saturated rings. The van der Waals surface area contributed by atoms with Gasteiger partial charge in [0.25, 0.3) is 0 Å². The molecular weight excluding hydrogens is 222 g/mol. The molecule has 1 unspecified atom stereocenters. The zero-order valence-corrected chi connectivity index (χ0v) is 9.42. The summed E-state index contributed by atoms with van der Waals surface area (Å²) >= 11 is 0. The number of nitrogens with zero attached hydrogens (tertiary/aromatic N) is 1. The Morgan fingerprint density at radius 1 is 1.47 bits per heavy atom. The highest BCUT2D eigenvalue weighted by molar-refractivity contribution is 5.89. The van der Waals surface area contributed by atoms with E-state index in [2.05, 4.69) is 0 Å². The van der Waals surface area contributed by atoms with Crippen molar-refractivity contribution in [3.63, 3.8) is 0 Å². The molecule has 0 saturated carbocycles. The molecule has 2 rings (SSSR count). The number of likely N-dealkylation sites (N-methyl/N-ethyl adjacent to an activating group) is 1. The summed E-state index contributed by atoms with van der Waals surface area (Å²) in [6.45, 7) is 0.705. The van der Waals surface area contributed by atoms with Crippen LogP contribution in [0.2, 0.25) is 0 Å². The zero-order valence-electron chi connectivity index (χ0n) is 9.42. The summed E-state index contributed by atoms with van der Waals surface area (Å²) in [4.78, 5) is 23.7. The van der Waals surface area contributed by atoms with Gasteiger partial charge in [-0.3, -0.25) is 0 Å². The molecule has 90 valence electrons. The maximum atomic E-state index is 11.2. The summed E-state index contributed by atoms with van der Waals surface area (Å²) in [5.41, 5.74) is 0.975. The normalized spacial score (nSPS) is 19.9. The van der Waals surface area contributed by atoms with Crippen LogP contribution >= 0.6 is 0 Å². The van der Waals surface area contributed by atoms with Crippen molar-refractivity contribution in [2.24, 2.45) is 0 Å². The summed E-state index contributed by atoms with van der Waals surface area (Å²) in [5.74, 6) is -1.05. The lowest BCUT2D eigenvalue weighted by Crippen LogP contribution is -2.39. The van der Waals surface area contributed by atoms with E-state index >= 15 is 0 Å². The van der Waals surface area contributed by atoms with Gasteiger partial charge in [0.05, 0.1) is 5.56 Å². The van der Waals surface area contributed by atoms with Crippen LogP contribution in [-0.2, 0) is 4.74 Å². The summed E-state index contributed by atoms with van der Waals surface area (Å²) in [5, 5.41) is 9.09. The van der Waals surface area contributed by atoms with Gasteiger partial charge in [-0.05, 0) is 11.6 Å². The number of ether oxygens (including phenoxy) is 1. The van der Waals surface area contributed by atoms with Crippen LogP contribution < -0.4 is 0 Å². The topological polar surface area (TPSA) is 66.8 Å². The van der Waals surface area contributed by atoms with Crippen molar-refractivity contribution in [2.75, 3.05) is 20.2 Å². The Morgan fingerprint density at radius 2 is 2.18 bits per heavy atom. The maximum Gasteiger partial charge on any atom is 0.409 e. The molecular formula is C12H13NO4. The number of benzene rings is 1. The number of aromatic carboxylic acids is 1. The van der Waals surface area contributed by atoms with Crippen molar-refractivity contribution in [2.45, 2.75) is 5.92 Å². The Kier molecular flexibility index (Phi) is 2.99. The highest BCUT2D eigenvalue weighted by atomic mass is 16.6. The lowest BCUT2D eigenvalue weighted by atomic mass is 9.94. The molecule has 1 heterocycles. The van der Waals surface area contributed by atoms with Gasteiger partial charge in [-0.15, -0.1) is 0 Å². The molecule has 0 aliphatic carbocycles. The number of hydrogen-bond acceptors (Lipinski definition) is 3. The first kappa shape index (κ1) is 11.4. The number of carboxylic acids is 1. The SMILES string of the molecule is CN1CC(c2ccccc2C(=O)O)COC1=O. The molecule has 1 aromatic rings. The van der Waals surface area contributed by atoms with E-state index in [1.54, 1.807) is 31.3 Å². The van der Waals surface area contributed by atoms with Gasteiger partial charge < -0.3 is 14.7 Å². The zero-order chi connectivity index (χ0) is 12.4. The number of carbonyl (C=O) groups is 2. The Bertz CT molecular complexity index is 458. The Morgan fingerprint density at radius 3 is 2.82 bits per heavy atom. The lowest BCUT2D eigenvalue weighted by Gasteiger charge is -2.30. The first-order valence-electron chi connectivity index (χ1n) is 5.29. The summed E-state index contributed by atoms with van der Waals surface area (Å²) in [6, 6.07) is 6.80. The van der Waals surface area contributed by atoms with Crippen LogP contribution in [0.25, 0.3) is 0 Å². The first-order valence-corrected chi connectivity index (χ1v) is 5.29. The molecule has 0 radical (unpaired) electrons. The first-order chi connectivity index (χ1) is 8.09. The fourth-order valence-corrected chi connectivity index (χ4v) is 1.98. The summed E-state index contributed by atoms with van der Waals surface area (Å²) < 4.78 is 4.99. The summed E-state index contributed by atoms with van der Waals surface area (Å²) in [6.07, 6.45) is -0.367. The molecule has 1 aromatic carbocycles. The fraction of sp³-hybridized carbons (Fsp3) is 0.333. The number of carboxylic acid groups (broad SMARTS) is 1. The van der Waals surface area contributed by atoms with Gasteiger partial charge in [-0.25, -0.2) is 9.59 Å². The van der Waals surface area contributed by atoms with Crippen LogP contribution in [0.4, 0.5) is 4.79 Å². The van der Waals surface area contributed by atoms with Gasteiger partial charge in [0.1, 0.15) is 6.61 Å². The minimum absolute atomic E-state index is 0.0926. The van der Waals surface area contributed by atoms with E-state index < -0.39 is 5.97 Å². The second-order valence-electron chi connectivity index (χ2n) is 4.05. The molecule has 5 nitrogen and oxygen atoms in total. The standard InChI is InChI=1S/C12H13NO4/c1-13-6-8(7-17-12(13)16)9-4-2-3-5-10(9)11(14)15/h2-5,8H,6-7H2,1H3,(H,14,15). The van der Waals surface area contributed by atoms with Gasteiger partial charge in [-0.1, -0.05) is 18.2 Å². The van der Waals surface area contributed by atoms with Crippen molar-refractivity contribution < 1.29 is 19.4 Å². The number of carbonyl (C=O) groups excluding carboxylic acids is 1. The van der Waals surface area contributed by atoms with Crippen molar-refractivity contribution in [1.82, 2.24) is 4.90 Å². The predicted octanol–water partition coefficient (Wildman–Crippen LogP) is 1.55. The molecule has 1 aliphatic heterocycles. The van der Waals surface area contributed by atoms with Crippen LogP contribution in [0.1, 0.15) is 21.8 Å². The third-order valence-corrected chi connectivity index (χ3v) is 2.84. The lowest BCUT2D eigenvalue weighted by molar-refractivity contribution is 0.0674. The third kappa shape index (κ3) is 2.22. The van der Waals surface area contributed by atoms with E-state index in [0.29, 0.717) is 12.1 Å². The van der Waals surface area contributed by atoms with Crippen molar-refractivity contribution >= 4 is 12.1 Å². The van der Waals surface area contributed by atoms with Gasteiger partial charge in [0.15, 0.2) is 0 Å². The van der Waals surface area contributed by atoms with Crippen LogP contribution in [0, 0.1) is 0 Å². The van der Waals surface area contributed by atoms with Crippen molar-refractivity contribution in [3.05, 3.63) is 35.4 Å². The van der Waals surface area contributed by atoms with Gasteiger partial charge >= 0.3 is 12.1 Å². The second kappa shape index (κ2) is 4.45. The molecule has 17 heavy (non-hydrogen) atoms. The molecule has 0 spiro atoms. The number of rotatable bonds is 2. The van der Waals surface area contributed by atoms with E-state index in [4.69, 9.17) is 9.84 Å². The molecule has 5 heteroatoms. The maximum absolute atomic E-state index is 11.2. The van der Waals surface area contributed by atoms with E-state index in [0.717, 1.165) is 0 Å². The Labute approximate surface area is 98.6 Å². The van der Waals surface area contributed by atoms with E-state index in [1.807, 2.05) is 0 Å². The average molecular weight is 235 g/mol. The highest BCUT2D eigenvalue weighted by Crippen LogP contribution is 2.24. The van der Waals surface area contributed by atoms with Crippen molar-refractivity contribution in [1.29, 1.82) is 0 Å². The molecule has 1 saturated heterocycles. The molecule has 1 atom stereocenters. The highest BCUT2D eigenvalue weighted by Gasteiger charge is 2.28. The predicted molar refractivity (Wildman–Crippen MR) is 60.1 cm³/mol. The smallest absolute Gasteiger partial charge is 0.409 e. The molecule has 0 aromatic heterocycles. The van der Waals surface area contributed by atoms with Crippen molar-refractivity contribution in [3.8, 4) is 0 Å². The van der Waals surface area contributed by atoms with E-state index in [-0.39, 0.29) is 24.2 Å². The molecule has 0 bridgehead atoms. The number of amides is 1. The average Bonchev–Trinajstić information content (AvgIpc) is 2.32. The number of hydrogen-bond donors (Lipinski definition) is 1. The van der Waals surface area contributed by atoms with E-state index in [1.165, 1.54) is 4.90 Å². The largest absolute Gasteiger partial charge is 0.478 e. The minimum Gasteiger partial charge on any atom is -0.478 e. The third-order valence-electron chi connectivity index (χ3n) is 2.84. The monoisotopic (exact) mass is 235 g/mol. The van der Waals surface area contributed by atoms with Gasteiger partial charge in [0.2, 0.25) is 0 Å². The second-order valence-corrected chi connectivity index (χ2v) is 4.05. The van der Waals surface area contributed by atoms with Gasteiger partial charge in [-0.2, -0.15) is 0 Å². The van der Waals surface area contributed by atoms with Crippen LogP contribution in [0.3, 0.4) is 0 Å². The minimum atomic E-state index is -0.958. The van der Waals surface area contributed by atoms with Crippen LogP contribution in [-0.4, -0.2) is 42.3 Å². The Balaban J connectivity index is 2.28. The van der Waals surface area contributed by atoms with Crippen LogP contribution in [0.5, 0.6) is 0 Å². The quantitative estimate of drug-likeness (QED) is 0.844. The fourth-order valence-electron chi connectivity index (χ4n) is 1.98. The number of cyclic esters (lactones) is 1. The van der Waals surface area contributed by atoms with Crippen LogP contribution in [0.15, 0.2) is 24.3 Å². The molecule has 1 amide bonds. The van der Waals surface area contributed by atoms with E-state index in [9.17, 15) is 9.59 Å². The summed E-state index contributed by atoms with van der Waals surface area (Å²) in [7, 11) is 1.64. The molecule has 1 aliphatic rings. The Hall–Kier alpha value is -2.04.